The third-order valence-electron chi connectivity index (χ3n) is 6.96. The van der Waals surface area contributed by atoms with Crippen LogP contribution in [0.5, 0.6) is 0 Å². The van der Waals surface area contributed by atoms with Gasteiger partial charge in [-0.15, -0.1) is 0 Å². The number of hydrogen-bond donors (Lipinski definition) is 1. The van der Waals surface area contributed by atoms with Crippen LogP contribution in [0.3, 0.4) is 0 Å². The van der Waals surface area contributed by atoms with Crippen molar-refractivity contribution in [2.24, 2.45) is 11.8 Å². The molecular weight excluding hydrogens is 390 g/mol. The molecule has 166 valence electrons. The molecule has 1 saturated carbocycles. The van der Waals surface area contributed by atoms with E-state index in [2.05, 4.69) is 10.2 Å². The summed E-state index contributed by atoms with van der Waals surface area (Å²) in [5, 5.41) is 3.29. The molecule has 0 radical (unpaired) electrons. The first-order valence-electron chi connectivity index (χ1n) is 11.7. The smallest absolute Gasteiger partial charge is 0.253 e. The summed E-state index contributed by atoms with van der Waals surface area (Å²) in [4.78, 5) is 41.0. The van der Waals surface area contributed by atoms with E-state index in [1.54, 1.807) is 0 Å². The molecule has 0 spiro atoms. The second-order valence-corrected chi connectivity index (χ2v) is 9.21. The number of nitrogens with one attached hydrogen (secondary N) is 1. The summed E-state index contributed by atoms with van der Waals surface area (Å²) < 4.78 is 0. The van der Waals surface area contributed by atoms with E-state index >= 15 is 0 Å². The maximum absolute atomic E-state index is 12.8. The molecule has 1 saturated heterocycles. The number of rotatable bonds is 7. The molecule has 1 heterocycles. The van der Waals surface area contributed by atoms with Crippen molar-refractivity contribution < 1.29 is 4.79 Å². The van der Waals surface area contributed by atoms with E-state index in [4.69, 9.17) is 0 Å². The standard InChI is InChI=1S/C25H33N3O3/c1-27(17-19-8-4-2-5-9-19)25(31)20-12-10-18(11-13-20)16-26-21-22(24(30)23(21)29)28-14-6-3-7-15-28/h2,4-5,8-9,18,20,26H,3,6-7,10-17H2,1H3. The van der Waals surface area contributed by atoms with Crippen molar-refractivity contribution in [1.29, 1.82) is 0 Å². The lowest BCUT2D eigenvalue weighted by molar-refractivity contribution is -0.136. The lowest BCUT2D eigenvalue weighted by Gasteiger charge is -2.33. The van der Waals surface area contributed by atoms with E-state index in [1.165, 1.54) is 6.42 Å². The first-order chi connectivity index (χ1) is 15.0. The van der Waals surface area contributed by atoms with Gasteiger partial charge in [-0.3, -0.25) is 14.4 Å². The molecule has 0 bridgehead atoms. The fraction of sp³-hybridized carbons (Fsp3) is 0.560. The van der Waals surface area contributed by atoms with Crippen molar-refractivity contribution in [1.82, 2.24) is 4.90 Å². The largest absolute Gasteiger partial charge is 0.380 e. The second kappa shape index (κ2) is 9.67. The van der Waals surface area contributed by atoms with Gasteiger partial charge in [0.2, 0.25) is 5.91 Å². The fourth-order valence-corrected chi connectivity index (χ4v) is 5.07. The van der Waals surface area contributed by atoms with Crippen LogP contribution in [0.25, 0.3) is 0 Å². The molecule has 0 unspecified atom stereocenters. The van der Waals surface area contributed by atoms with Crippen LogP contribution in [0, 0.1) is 11.8 Å². The molecule has 2 aromatic carbocycles. The average molecular weight is 424 g/mol. The third-order valence-corrected chi connectivity index (χ3v) is 6.96. The van der Waals surface area contributed by atoms with Crippen molar-refractivity contribution in [3.63, 3.8) is 0 Å². The topological polar surface area (TPSA) is 69.7 Å². The van der Waals surface area contributed by atoms with E-state index in [1.807, 2.05) is 42.3 Å². The predicted molar refractivity (Wildman–Crippen MR) is 124 cm³/mol. The van der Waals surface area contributed by atoms with Crippen molar-refractivity contribution in [2.75, 3.05) is 36.9 Å². The Kier molecular flexibility index (Phi) is 6.73. The normalized spacial score (nSPS) is 21.8. The zero-order valence-electron chi connectivity index (χ0n) is 18.4. The minimum absolute atomic E-state index is 0.0833. The highest BCUT2D eigenvalue weighted by molar-refractivity contribution is 5.78. The Balaban J connectivity index is 1.25. The Bertz CT molecular complexity index is 950. The molecule has 1 aliphatic carbocycles. The van der Waals surface area contributed by atoms with E-state index in [0.717, 1.165) is 57.2 Å². The summed E-state index contributed by atoms with van der Waals surface area (Å²) in [6.45, 7) is 3.07. The summed E-state index contributed by atoms with van der Waals surface area (Å²) in [5.41, 5.74) is 1.57. The number of amides is 1. The molecule has 2 aromatic rings. The average Bonchev–Trinajstić information content (AvgIpc) is 2.82. The number of carbonyl (C=O) groups is 1. The van der Waals surface area contributed by atoms with E-state index < -0.39 is 0 Å². The lowest BCUT2D eigenvalue weighted by Crippen LogP contribution is -2.45. The van der Waals surface area contributed by atoms with Crippen LogP contribution >= 0.6 is 0 Å². The lowest BCUT2D eigenvalue weighted by atomic mass is 9.81. The van der Waals surface area contributed by atoms with Gasteiger partial charge in [-0.1, -0.05) is 30.3 Å². The highest BCUT2D eigenvalue weighted by atomic mass is 16.2. The Labute approximate surface area is 183 Å². The van der Waals surface area contributed by atoms with Gasteiger partial charge in [0.05, 0.1) is 0 Å². The minimum atomic E-state index is -0.369. The molecule has 2 aliphatic rings. The van der Waals surface area contributed by atoms with Crippen molar-refractivity contribution >= 4 is 17.3 Å². The zero-order chi connectivity index (χ0) is 21.8. The molecule has 6 heteroatoms. The van der Waals surface area contributed by atoms with Crippen LogP contribution in [0.1, 0.15) is 50.5 Å². The van der Waals surface area contributed by atoms with E-state index in [9.17, 15) is 14.4 Å². The molecule has 4 rings (SSSR count). The van der Waals surface area contributed by atoms with Crippen LogP contribution in [-0.2, 0) is 11.3 Å². The molecule has 2 fully saturated rings. The van der Waals surface area contributed by atoms with Crippen LogP contribution < -0.4 is 21.1 Å². The van der Waals surface area contributed by atoms with Gasteiger partial charge in [0.15, 0.2) is 0 Å². The predicted octanol–water partition coefficient (Wildman–Crippen LogP) is 3.15. The summed E-state index contributed by atoms with van der Waals surface area (Å²) >= 11 is 0. The maximum atomic E-state index is 12.8. The van der Waals surface area contributed by atoms with Gasteiger partial charge in [0, 0.05) is 39.1 Å². The molecule has 0 aromatic heterocycles. The highest BCUT2D eigenvalue weighted by Crippen LogP contribution is 2.31. The molecule has 0 atom stereocenters. The first-order valence-corrected chi connectivity index (χ1v) is 11.7. The van der Waals surface area contributed by atoms with Crippen LogP contribution in [-0.4, -0.2) is 37.5 Å². The third kappa shape index (κ3) is 4.83. The number of hydrogen-bond acceptors (Lipinski definition) is 5. The summed E-state index contributed by atoms with van der Waals surface area (Å²) in [6.07, 6.45) is 7.06. The van der Waals surface area contributed by atoms with Crippen molar-refractivity contribution in [2.45, 2.75) is 51.5 Å². The first kappa shape index (κ1) is 21.6. The quantitative estimate of drug-likeness (QED) is 0.693. The van der Waals surface area contributed by atoms with E-state index in [-0.39, 0.29) is 22.7 Å². The van der Waals surface area contributed by atoms with E-state index in [0.29, 0.717) is 30.4 Å². The summed E-state index contributed by atoms with van der Waals surface area (Å²) in [7, 11) is 1.89. The molecule has 6 nitrogen and oxygen atoms in total. The Morgan fingerprint density at radius 2 is 1.68 bits per heavy atom. The minimum Gasteiger partial charge on any atom is -0.380 e. The van der Waals surface area contributed by atoms with Crippen LogP contribution in [0.2, 0.25) is 0 Å². The van der Waals surface area contributed by atoms with Crippen LogP contribution in [0.15, 0.2) is 39.9 Å². The molecular formula is C25H33N3O3. The van der Waals surface area contributed by atoms with Gasteiger partial charge in [-0.05, 0) is 56.4 Å². The number of piperidine rings is 1. The van der Waals surface area contributed by atoms with Gasteiger partial charge in [-0.25, -0.2) is 0 Å². The molecule has 31 heavy (non-hydrogen) atoms. The molecule has 1 N–H and O–H groups in total. The molecule has 1 amide bonds. The number of anilines is 2. The zero-order valence-corrected chi connectivity index (χ0v) is 18.4. The summed E-state index contributed by atoms with van der Waals surface area (Å²) in [6, 6.07) is 10.1. The fourth-order valence-electron chi connectivity index (χ4n) is 5.07. The van der Waals surface area contributed by atoms with Gasteiger partial charge in [0.1, 0.15) is 11.4 Å². The monoisotopic (exact) mass is 423 g/mol. The number of carbonyl (C=O) groups excluding carboxylic acids is 1. The molecule has 1 aliphatic heterocycles. The Morgan fingerprint density at radius 3 is 2.35 bits per heavy atom. The number of nitrogens with zero attached hydrogens (tertiary/aromatic N) is 2. The van der Waals surface area contributed by atoms with Gasteiger partial charge in [-0.2, -0.15) is 0 Å². The SMILES string of the molecule is CN(Cc1ccccc1)C(=O)C1CCC(CNc2c(N3CCCCC3)c(=O)c2=O)CC1. The Hall–Kier alpha value is -2.63. The number of benzene rings is 1. The van der Waals surface area contributed by atoms with Crippen molar-refractivity contribution in [3.05, 3.63) is 56.3 Å². The van der Waals surface area contributed by atoms with Gasteiger partial charge in [0.25, 0.3) is 10.9 Å². The van der Waals surface area contributed by atoms with Gasteiger partial charge >= 0.3 is 0 Å². The van der Waals surface area contributed by atoms with Crippen molar-refractivity contribution in [3.8, 4) is 0 Å². The maximum Gasteiger partial charge on any atom is 0.253 e. The van der Waals surface area contributed by atoms with Gasteiger partial charge < -0.3 is 15.1 Å². The highest BCUT2D eigenvalue weighted by Gasteiger charge is 2.30. The van der Waals surface area contributed by atoms with Crippen LogP contribution in [0.4, 0.5) is 11.4 Å². The summed E-state index contributed by atoms with van der Waals surface area (Å²) in [5.74, 6) is 0.743. The Morgan fingerprint density at radius 1 is 1.00 bits per heavy atom. The second-order valence-electron chi connectivity index (χ2n) is 9.21.